The van der Waals surface area contributed by atoms with E-state index in [1.165, 1.54) is 0 Å². The van der Waals surface area contributed by atoms with Gasteiger partial charge < -0.3 is 19.5 Å². The Morgan fingerprint density at radius 3 is 2.26 bits per heavy atom. The van der Waals surface area contributed by atoms with Crippen LogP contribution in [0, 0.1) is 0 Å². The van der Waals surface area contributed by atoms with E-state index in [1.54, 1.807) is 41.0 Å². The first kappa shape index (κ1) is 30.6. The SMILES string of the molecule is Cn1c(=O)c2cc3cnc(Nc4ccc(C(=O)N5CC6CCC(C5)N6C(=O)OC(C)(C)C)cn4)nc3n2c2ccc(C(C)(C)C)cc21. The van der Waals surface area contributed by atoms with E-state index < -0.39 is 5.60 Å². The van der Waals surface area contributed by atoms with Gasteiger partial charge in [0.15, 0.2) is 5.65 Å². The summed E-state index contributed by atoms with van der Waals surface area (Å²) in [6.07, 6.45) is 4.61. The number of anilines is 2. The molecular weight excluding hydrogens is 596 g/mol. The second kappa shape index (κ2) is 10.8. The number of piperazine rings is 1. The summed E-state index contributed by atoms with van der Waals surface area (Å²) >= 11 is 0. The third-order valence-corrected chi connectivity index (χ3v) is 9.13. The predicted molar refractivity (Wildman–Crippen MR) is 180 cm³/mol. The van der Waals surface area contributed by atoms with Crippen LogP contribution < -0.4 is 10.9 Å². The van der Waals surface area contributed by atoms with Crippen molar-refractivity contribution in [2.45, 2.75) is 77.5 Å². The lowest BCUT2D eigenvalue weighted by molar-refractivity contribution is -0.00336. The first-order chi connectivity index (χ1) is 22.2. The lowest BCUT2D eigenvalue weighted by Gasteiger charge is -2.41. The lowest BCUT2D eigenvalue weighted by Crippen LogP contribution is -2.57. The third kappa shape index (κ3) is 5.45. The van der Waals surface area contributed by atoms with Crippen LogP contribution in [0.5, 0.6) is 0 Å². The average molecular weight is 637 g/mol. The molecule has 12 nitrogen and oxygen atoms in total. The number of nitrogens with zero attached hydrogens (tertiary/aromatic N) is 7. The first-order valence-electron chi connectivity index (χ1n) is 16.0. The number of carbonyl (C=O) groups is 2. The fourth-order valence-electron chi connectivity index (χ4n) is 6.75. The Bertz CT molecular complexity index is 2110. The molecule has 2 saturated heterocycles. The minimum absolute atomic E-state index is 0.0588. The molecule has 2 atom stereocenters. The molecule has 244 valence electrons. The van der Waals surface area contributed by atoms with E-state index in [1.807, 2.05) is 42.2 Å². The Morgan fingerprint density at radius 2 is 1.62 bits per heavy atom. The van der Waals surface area contributed by atoms with Crippen LogP contribution in [0.4, 0.5) is 16.6 Å². The lowest BCUT2D eigenvalue weighted by atomic mass is 9.87. The standard InChI is InChI=1S/C35H40N8O4/c1-34(2,3)22-9-12-25-26(15-22)40(7)31(45)27-14-21-17-37-32(39-29(21)43(25)27)38-28-13-8-20(16-36-28)30(44)41-18-23-10-11-24(19-41)42(23)33(46)47-35(4,5)6/h8-9,12-17,23-24H,10-11,18-19H2,1-7H3,(H,36,37,38,39). The van der Waals surface area contributed by atoms with Gasteiger partial charge in [-0.05, 0) is 74.9 Å². The molecule has 2 fully saturated rings. The summed E-state index contributed by atoms with van der Waals surface area (Å²) < 4.78 is 9.20. The van der Waals surface area contributed by atoms with Crippen molar-refractivity contribution in [2.75, 3.05) is 18.4 Å². The maximum absolute atomic E-state index is 13.4. The number of hydrogen-bond acceptors (Lipinski definition) is 8. The Labute approximate surface area is 272 Å². The smallest absolute Gasteiger partial charge is 0.410 e. The van der Waals surface area contributed by atoms with Crippen molar-refractivity contribution in [1.29, 1.82) is 0 Å². The van der Waals surface area contributed by atoms with Crippen molar-refractivity contribution in [3.8, 4) is 0 Å². The van der Waals surface area contributed by atoms with Crippen LogP contribution in [0.15, 0.2) is 53.6 Å². The van der Waals surface area contributed by atoms with E-state index in [4.69, 9.17) is 9.72 Å². The largest absolute Gasteiger partial charge is 0.444 e. The number of aromatic nitrogens is 5. The van der Waals surface area contributed by atoms with Gasteiger partial charge in [0.2, 0.25) is 5.95 Å². The molecule has 0 saturated carbocycles. The number of hydrogen-bond donors (Lipinski definition) is 1. The molecular formula is C35H40N8O4. The van der Waals surface area contributed by atoms with Gasteiger partial charge in [0.1, 0.15) is 16.9 Å². The number of rotatable bonds is 3. The highest BCUT2D eigenvalue weighted by Gasteiger charge is 2.45. The van der Waals surface area contributed by atoms with Crippen molar-refractivity contribution in [2.24, 2.45) is 7.05 Å². The highest BCUT2D eigenvalue weighted by Crippen LogP contribution is 2.33. The Balaban J connectivity index is 1.12. The molecule has 0 spiro atoms. The van der Waals surface area contributed by atoms with Gasteiger partial charge in [-0.25, -0.2) is 14.8 Å². The number of fused-ring (bicyclic) bond motifs is 7. The van der Waals surface area contributed by atoms with Crippen molar-refractivity contribution >= 4 is 51.4 Å². The molecule has 2 bridgehead atoms. The Kier molecular flexibility index (Phi) is 7.03. The van der Waals surface area contributed by atoms with Crippen LogP contribution in [0.2, 0.25) is 0 Å². The maximum Gasteiger partial charge on any atom is 0.410 e. The minimum atomic E-state index is -0.568. The van der Waals surface area contributed by atoms with Crippen LogP contribution in [-0.2, 0) is 17.2 Å². The van der Waals surface area contributed by atoms with Crippen molar-refractivity contribution in [3.05, 3.63) is 70.3 Å². The van der Waals surface area contributed by atoms with E-state index in [0.717, 1.165) is 34.8 Å². The van der Waals surface area contributed by atoms with E-state index >= 15 is 0 Å². The molecule has 2 amide bonds. The quantitative estimate of drug-likeness (QED) is 0.279. The maximum atomic E-state index is 13.4. The zero-order chi connectivity index (χ0) is 33.4. The summed E-state index contributed by atoms with van der Waals surface area (Å²) in [5.41, 5.74) is 3.67. The average Bonchev–Trinajstić information content (AvgIpc) is 3.52. The molecule has 6 heterocycles. The summed E-state index contributed by atoms with van der Waals surface area (Å²) in [5.74, 6) is 0.677. The molecule has 7 rings (SSSR count). The topological polar surface area (TPSA) is 127 Å². The number of amides is 2. The van der Waals surface area contributed by atoms with Crippen molar-refractivity contribution in [3.63, 3.8) is 0 Å². The summed E-state index contributed by atoms with van der Waals surface area (Å²) in [6.45, 7) is 12.9. The number of benzene rings is 1. The van der Waals surface area contributed by atoms with Gasteiger partial charge in [-0.15, -0.1) is 0 Å². The van der Waals surface area contributed by atoms with E-state index in [2.05, 4.69) is 48.2 Å². The zero-order valence-corrected chi connectivity index (χ0v) is 27.9. The second-order valence-corrected chi connectivity index (χ2v) is 14.7. The van der Waals surface area contributed by atoms with Crippen LogP contribution in [0.3, 0.4) is 0 Å². The molecule has 2 unspecified atom stereocenters. The van der Waals surface area contributed by atoms with E-state index in [9.17, 15) is 14.4 Å². The van der Waals surface area contributed by atoms with Crippen LogP contribution in [0.25, 0.3) is 27.6 Å². The van der Waals surface area contributed by atoms with Gasteiger partial charge in [0, 0.05) is 37.9 Å². The van der Waals surface area contributed by atoms with Crippen LogP contribution in [0.1, 0.15) is 70.3 Å². The molecule has 0 radical (unpaired) electrons. The molecule has 2 aliphatic heterocycles. The summed E-state index contributed by atoms with van der Waals surface area (Å²) in [7, 11) is 1.79. The molecule has 2 aliphatic rings. The molecule has 12 heteroatoms. The molecule has 47 heavy (non-hydrogen) atoms. The second-order valence-electron chi connectivity index (χ2n) is 14.7. The Hall–Kier alpha value is -5.00. The number of nitrogens with one attached hydrogen (secondary N) is 1. The predicted octanol–water partition coefficient (Wildman–Crippen LogP) is 5.39. The number of aryl methyl sites for hydroxylation is 1. The molecule has 1 N–H and O–H groups in total. The molecule has 1 aromatic carbocycles. The fourth-order valence-corrected chi connectivity index (χ4v) is 6.75. The molecule has 4 aromatic heterocycles. The number of pyridine rings is 1. The fraction of sp³-hybridized carbons (Fsp3) is 0.429. The highest BCUT2D eigenvalue weighted by atomic mass is 16.6. The van der Waals surface area contributed by atoms with Crippen LogP contribution in [-0.4, -0.2) is 76.5 Å². The van der Waals surface area contributed by atoms with Gasteiger partial charge in [-0.1, -0.05) is 26.8 Å². The van der Waals surface area contributed by atoms with E-state index in [0.29, 0.717) is 41.6 Å². The normalized spacial score (nSPS) is 18.4. The summed E-state index contributed by atoms with van der Waals surface area (Å²) in [4.78, 5) is 57.0. The van der Waals surface area contributed by atoms with Gasteiger partial charge in [0.25, 0.3) is 11.5 Å². The Morgan fingerprint density at radius 1 is 0.894 bits per heavy atom. The highest BCUT2D eigenvalue weighted by molar-refractivity contribution is 5.94. The summed E-state index contributed by atoms with van der Waals surface area (Å²) in [6, 6.07) is 11.4. The van der Waals surface area contributed by atoms with Gasteiger partial charge in [-0.2, -0.15) is 4.98 Å². The number of carbonyl (C=O) groups excluding carboxylic acids is 2. The molecule has 0 aliphatic carbocycles. The van der Waals surface area contributed by atoms with Gasteiger partial charge in [-0.3, -0.25) is 18.9 Å². The monoisotopic (exact) mass is 636 g/mol. The van der Waals surface area contributed by atoms with Gasteiger partial charge >= 0.3 is 6.09 Å². The van der Waals surface area contributed by atoms with Crippen molar-refractivity contribution < 1.29 is 14.3 Å². The zero-order valence-electron chi connectivity index (χ0n) is 27.9. The summed E-state index contributed by atoms with van der Waals surface area (Å²) in [5, 5.41) is 3.89. The minimum Gasteiger partial charge on any atom is -0.444 e. The van der Waals surface area contributed by atoms with Crippen molar-refractivity contribution in [1.82, 2.24) is 33.7 Å². The first-order valence-corrected chi connectivity index (χ1v) is 16.0. The number of likely N-dealkylation sites (tertiary alicyclic amines) is 1. The van der Waals surface area contributed by atoms with Crippen LogP contribution >= 0.6 is 0 Å². The van der Waals surface area contributed by atoms with E-state index in [-0.39, 0.29) is 35.1 Å². The van der Waals surface area contributed by atoms with Gasteiger partial charge in [0.05, 0.1) is 28.7 Å². The number of ether oxygens (including phenoxy) is 1. The third-order valence-electron chi connectivity index (χ3n) is 9.13. The molecule has 5 aromatic rings.